The van der Waals surface area contributed by atoms with Gasteiger partial charge in [-0.2, -0.15) is 0 Å². The molecule has 1 saturated heterocycles. The summed E-state index contributed by atoms with van der Waals surface area (Å²) in [7, 11) is 0. The SMILES string of the molecule is CC1CCCC(CNCC2(C)CCOCC2)C1. The molecule has 1 N–H and O–H groups in total. The Balaban J connectivity index is 1.64. The first-order valence-electron chi connectivity index (χ1n) is 7.46. The van der Waals surface area contributed by atoms with Crippen molar-refractivity contribution in [3.8, 4) is 0 Å². The van der Waals surface area contributed by atoms with Crippen molar-refractivity contribution >= 4 is 0 Å². The molecule has 2 atom stereocenters. The Morgan fingerprint density at radius 3 is 2.71 bits per heavy atom. The van der Waals surface area contributed by atoms with E-state index in [1.54, 1.807) is 0 Å². The van der Waals surface area contributed by atoms with Crippen molar-refractivity contribution in [3.63, 3.8) is 0 Å². The molecule has 2 rings (SSSR count). The molecule has 2 aliphatic rings. The van der Waals surface area contributed by atoms with Crippen LogP contribution in [-0.4, -0.2) is 26.3 Å². The van der Waals surface area contributed by atoms with Crippen LogP contribution in [0.3, 0.4) is 0 Å². The molecule has 0 aromatic heterocycles. The van der Waals surface area contributed by atoms with Crippen LogP contribution in [-0.2, 0) is 4.74 Å². The van der Waals surface area contributed by atoms with Crippen LogP contribution in [0.15, 0.2) is 0 Å². The second-order valence-corrected chi connectivity index (χ2v) is 6.69. The Morgan fingerprint density at radius 1 is 1.24 bits per heavy atom. The van der Waals surface area contributed by atoms with E-state index >= 15 is 0 Å². The predicted molar refractivity (Wildman–Crippen MR) is 72.2 cm³/mol. The van der Waals surface area contributed by atoms with Crippen molar-refractivity contribution in [2.24, 2.45) is 17.3 Å². The fraction of sp³-hybridized carbons (Fsp3) is 1.00. The summed E-state index contributed by atoms with van der Waals surface area (Å²) in [5, 5.41) is 3.73. The van der Waals surface area contributed by atoms with E-state index in [1.807, 2.05) is 0 Å². The second-order valence-electron chi connectivity index (χ2n) is 6.69. The highest BCUT2D eigenvalue weighted by Gasteiger charge is 2.27. The number of rotatable bonds is 4. The lowest BCUT2D eigenvalue weighted by Gasteiger charge is -2.35. The zero-order valence-electron chi connectivity index (χ0n) is 11.6. The van der Waals surface area contributed by atoms with Crippen LogP contribution in [0.4, 0.5) is 0 Å². The quantitative estimate of drug-likeness (QED) is 0.813. The maximum Gasteiger partial charge on any atom is 0.0471 e. The van der Waals surface area contributed by atoms with Crippen LogP contribution in [0.1, 0.15) is 52.4 Å². The molecule has 0 aromatic rings. The Kier molecular flexibility index (Phi) is 4.87. The zero-order chi connectivity index (χ0) is 12.1. The highest BCUT2D eigenvalue weighted by Crippen LogP contribution is 2.30. The van der Waals surface area contributed by atoms with Gasteiger partial charge in [-0.25, -0.2) is 0 Å². The van der Waals surface area contributed by atoms with Gasteiger partial charge in [-0.1, -0.05) is 26.7 Å². The van der Waals surface area contributed by atoms with Gasteiger partial charge >= 0.3 is 0 Å². The van der Waals surface area contributed by atoms with Gasteiger partial charge in [-0.15, -0.1) is 0 Å². The maximum absolute atomic E-state index is 5.45. The van der Waals surface area contributed by atoms with Crippen LogP contribution >= 0.6 is 0 Å². The van der Waals surface area contributed by atoms with Crippen molar-refractivity contribution in [2.45, 2.75) is 52.4 Å². The minimum Gasteiger partial charge on any atom is -0.381 e. The van der Waals surface area contributed by atoms with E-state index in [0.717, 1.165) is 25.0 Å². The number of nitrogens with one attached hydrogen (secondary N) is 1. The molecule has 1 heterocycles. The Labute approximate surface area is 107 Å². The van der Waals surface area contributed by atoms with E-state index in [2.05, 4.69) is 19.2 Å². The maximum atomic E-state index is 5.45. The highest BCUT2D eigenvalue weighted by atomic mass is 16.5. The second kappa shape index (κ2) is 6.19. The fourth-order valence-corrected chi connectivity index (χ4v) is 3.36. The lowest BCUT2D eigenvalue weighted by Crippen LogP contribution is -2.39. The van der Waals surface area contributed by atoms with E-state index in [1.165, 1.54) is 51.6 Å². The first kappa shape index (κ1) is 13.4. The average Bonchev–Trinajstić information content (AvgIpc) is 2.30. The summed E-state index contributed by atoms with van der Waals surface area (Å²) in [6, 6.07) is 0. The summed E-state index contributed by atoms with van der Waals surface area (Å²) in [6.45, 7) is 9.15. The lowest BCUT2D eigenvalue weighted by atomic mass is 9.81. The normalized spacial score (nSPS) is 33.5. The van der Waals surface area contributed by atoms with Gasteiger partial charge in [0.05, 0.1) is 0 Å². The molecular formula is C15H29NO. The molecule has 1 aliphatic carbocycles. The molecule has 2 nitrogen and oxygen atoms in total. The van der Waals surface area contributed by atoms with Crippen LogP contribution in [0.25, 0.3) is 0 Å². The standard InChI is InChI=1S/C15H29NO/c1-13-4-3-5-14(10-13)11-16-12-15(2)6-8-17-9-7-15/h13-14,16H,3-12H2,1-2H3. The molecule has 2 heteroatoms. The van der Waals surface area contributed by atoms with Gasteiger partial charge < -0.3 is 10.1 Å². The van der Waals surface area contributed by atoms with Gasteiger partial charge in [0.1, 0.15) is 0 Å². The number of hydrogen-bond acceptors (Lipinski definition) is 2. The third kappa shape index (κ3) is 4.26. The van der Waals surface area contributed by atoms with Crippen molar-refractivity contribution in [1.82, 2.24) is 5.32 Å². The molecule has 17 heavy (non-hydrogen) atoms. The van der Waals surface area contributed by atoms with E-state index in [4.69, 9.17) is 4.74 Å². The van der Waals surface area contributed by atoms with Crippen LogP contribution < -0.4 is 5.32 Å². The first-order chi connectivity index (χ1) is 8.18. The molecule has 0 bridgehead atoms. The zero-order valence-corrected chi connectivity index (χ0v) is 11.6. The molecule has 2 unspecified atom stereocenters. The third-order valence-corrected chi connectivity index (χ3v) is 4.73. The topological polar surface area (TPSA) is 21.3 Å². The van der Waals surface area contributed by atoms with E-state index in [0.29, 0.717) is 5.41 Å². The minimum atomic E-state index is 0.485. The molecule has 0 radical (unpaired) electrons. The van der Waals surface area contributed by atoms with Crippen LogP contribution in [0.5, 0.6) is 0 Å². The minimum absolute atomic E-state index is 0.485. The summed E-state index contributed by atoms with van der Waals surface area (Å²) in [6.07, 6.45) is 8.22. The smallest absolute Gasteiger partial charge is 0.0471 e. The monoisotopic (exact) mass is 239 g/mol. The molecular weight excluding hydrogens is 210 g/mol. The molecule has 0 spiro atoms. The predicted octanol–water partition coefficient (Wildman–Crippen LogP) is 3.22. The van der Waals surface area contributed by atoms with Crippen molar-refractivity contribution in [3.05, 3.63) is 0 Å². The molecule has 0 aromatic carbocycles. The summed E-state index contributed by atoms with van der Waals surface area (Å²) in [4.78, 5) is 0. The number of hydrogen-bond donors (Lipinski definition) is 1. The molecule has 2 fully saturated rings. The Hall–Kier alpha value is -0.0800. The molecule has 1 aliphatic heterocycles. The molecule has 0 amide bonds. The van der Waals surface area contributed by atoms with Crippen LogP contribution in [0.2, 0.25) is 0 Å². The first-order valence-corrected chi connectivity index (χ1v) is 7.46. The third-order valence-electron chi connectivity index (χ3n) is 4.73. The van der Waals surface area contributed by atoms with Crippen molar-refractivity contribution in [1.29, 1.82) is 0 Å². The van der Waals surface area contributed by atoms with E-state index < -0.39 is 0 Å². The lowest BCUT2D eigenvalue weighted by molar-refractivity contribution is 0.0235. The van der Waals surface area contributed by atoms with Gasteiger partial charge in [0, 0.05) is 19.8 Å². The van der Waals surface area contributed by atoms with Gasteiger partial charge in [0.15, 0.2) is 0 Å². The fourth-order valence-electron chi connectivity index (χ4n) is 3.36. The largest absolute Gasteiger partial charge is 0.381 e. The number of ether oxygens (including phenoxy) is 1. The van der Waals surface area contributed by atoms with Crippen LogP contribution in [0, 0.1) is 17.3 Å². The van der Waals surface area contributed by atoms with E-state index in [9.17, 15) is 0 Å². The molecule has 1 saturated carbocycles. The van der Waals surface area contributed by atoms with Gasteiger partial charge in [0.25, 0.3) is 0 Å². The summed E-state index contributed by atoms with van der Waals surface area (Å²) < 4.78 is 5.45. The summed E-state index contributed by atoms with van der Waals surface area (Å²) >= 11 is 0. The average molecular weight is 239 g/mol. The van der Waals surface area contributed by atoms with Gasteiger partial charge in [-0.3, -0.25) is 0 Å². The van der Waals surface area contributed by atoms with Crippen molar-refractivity contribution < 1.29 is 4.74 Å². The Bertz CT molecular complexity index is 223. The van der Waals surface area contributed by atoms with Gasteiger partial charge in [-0.05, 0) is 49.5 Å². The van der Waals surface area contributed by atoms with Crippen molar-refractivity contribution in [2.75, 3.05) is 26.3 Å². The summed E-state index contributed by atoms with van der Waals surface area (Å²) in [5.41, 5.74) is 0.485. The highest BCUT2D eigenvalue weighted by molar-refractivity contribution is 4.80. The van der Waals surface area contributed by atoms with E-state index in [-0.39, 0.29) is 0 Å². The Morgan fingerprint density at radius 2 is 2.00 bits per heavy atom. The summed E-state index contributed by atoms with van der Waals surface area (Å²) in [5.74, 6) is 1.89. The molecule has 100 valence electrons. The van der Waals surface area contributed by atoms with Gasteiger partial charge in [0.2, 0.25) is 0 Å².